The highest BCUT2D eigenvalue weighted by atomic mass is 15.1. The van der Waals surface area contributed by atoms with E-state index in [4.69, 9.17) is 0 Å². The van der Waals surface area contributed by atoms with Crippen LogP contribution in [0.3, 0.4) is 0 Å². The molecule has 0 amide bonds. The number of para-hydroxylation sites is 1. The summed E-state index contributed by atoms with van der Waals surface area (Å²) in [5.41, 5.74) is 3.76. The number of benzene rings is 5. The Morgan fingerprint density at radius 3 is 1.82 bits per heavy atom. The lowest BCUT2D eigenvalue weighted by Crippen LogP contribution is -2.17. The maximum absolute atomic E-state index is 2.42. The Bertz CT molecular complexity index is 1230. The van der Waals surface area contributed by atoms with Crippen LogP contribution in [0, 0.1) is 0 Å². The second kappa shape index (κ2) is 7.21. The van der Waals surface area contributed by atoms with Crippen LogP contribution in [0.5, 0.6) is 0 Å². The predicted molar refractivity (Wildman–Crippen MR) is 120 cm³/mol. The minimum atomic E-state index is 0.819. The molecule has 0 aromatic heterocycles. The molecular formula is C27H21N. The molecule has 0 N–H and O–H groups in total. The fourth-order valence-electron chi connectivity index (χ4n) is 3.97. The molecule has 0 atom stereocenters. The summed E-state index contributed by atoms with van der Waals surface area (Å²) in [5, 5.41) is 5.13. The zero-order chi connectivity index (χ0) is 18.8. The van der Waals surface area contributed by atoms with Crippen molar-refractivity contribution in [2.75, 3.05) is 4.90 Å². The second-order valence-corrected chi connectivity index (χ2v) is 7.06. The average molecular weight is 359 g/mol. The first-order valence-corrected chi connectivity index (χ1v) is 9.67. The molecule has 0 saturated carbocycles. The highest BCUT2D eigenvalue weighted by Gasteiger charge is 2.14. The molecule has 1 nitrogen and oxygen atoms in total. The monoisotopic (exact) mass is 359 g/mol. The summed E-state index contributed by atoms with van der Waals surface area (Å²) in [6, 6.07) is 41.0. The third-order valence-electron chi connectivity index (χ3n) is 5.33. The minimum absolute atomic E-state index is 0.819. The molecule has 0 aliphatic carbocycles. The molecule has 0 radical (unpaired) electrons. The zero-order valence-corrected chi connectivity index (χ0v) is 15.6. The van der Waals surface area contributed by atoms with Crippen LogP contribution in [0.15, 0.2) is 115 Å². The standard InChI is InChI=1S/C27H21N/c1-2-15-24(16-3-1)28(27-19-9-13-22-11-5-7-18-26(22)27)20-23-14-8-12-21-10-4-6-17-25(21)23/h1-19H,20H2. The number of nitrogens with zero attached hydrogens (tertiary/aromatic N) is 1. The van der Waals surface area contributed by atoms with Gasteiger partial charge in [0, 0.05) is 23.3 Å². The van der Waals surface area contributed by atoms with Crippen molar-refractivity contribution in [2.45, 2.75) is 6.54 Å². The topological polar surface area (TPSA) is 3.24 Å². The maximum Gasteiger partial charge on any atom is 0.0493 e. The predicted octanol–water partition coefficient (Wildman–Crippen LogP) is 7.33. The largest absolute Gasteiger partial charge is 0.336 e. The van der Waals surface area contributed by atoms with E-state index in [9.17, 15) is 0 Å². The van der Waals surface area contributed by atoms with Crippen LogP contribution >= 0.6 is 0 Å². The molecule has 0 bridgehead atoms. The van der Waals surface area contributed by atoms with Gasteiger partial charge in [0.2, 0.25) is 0 Å². The van der Waals surface area contributed by atoms with Crippen molar-refractivity contribution in [3.63, 3.8) is 0 Å². The first-order chi connectivity index (χ1) is 13.9. The van der Waals surface area contributed by atoms with Gasteiger partial charge in [-0.25, -0.2) is 0 Å². The molecule has 0 fully saturated rings. The van der Waals surface area contributed by atoms with Gasteiger partial charge in [-0.05, 0) is 39.9 Å². The van der Waals surface area contributed by atoms with Crippen LogP contribution < -0.4 is 4.90 Å². The lowest BCUT2D eigenvalue weighted by molar-refractivity contribution is 0.990. The van der Waals surface area contributed by atoms with Crippen molar-refractivity contribution in [1.29, 1.82) is 0 Å². The molecule has 1 heteroatoms. The summed E-state index contributed by atoms with van der Waals surface area (Å²) in [7, 11) is 0. The summed E-state index contributed by atoms with van der Waals surface area (Å²) in [5.74, 6) is 0. The molecule has 0 aliphatic heterocycles. The normalized spacial score (nSPS) is 11.0. The Hall–Kier alpha value is -3.58. The lowest BCUT2D eigenvalue weighted by Gasteiger charge is -2.27. The quantitative estimate of drug-likeness (QED) is 0.325. The van der Waals surface area contributed by atoms with E-state index in [0.717, 1.165) is 6.54 Å². The van der Waals surface area contributed by atoms with E-state index < -0.39 is 0 Å². The van der Waals surface area contributed by atoms with Gasteiger partial charge in [-0.2, -0.15) is 0 Å². The van der Waals surface area contributed by atoms with Crippen molar-refractivity contribution >= 4 is 32.9 Å². The second-order valence-electron chi connectivity index (χ2n) is 7.06. The smallest absolute Gasteiger partial charge is 0.0493 e. The van der Waals surface area contributed by atoms with Gasteiger partial charge in [0.15, 0.2) is 0 Å². The zero-order valence-electron chi connectivity index (χ0n) is 15.6. The van der Waals surface area contributed by atoms with E-state index in [2.05, 4.69) is 120 Å². The Labute approximate surface area is 165 Å². The molecule has 0 heterocycles. The van der Waals surface area contributed by atoms with E-state index in [1.54, 1.807) is 0 Å². The van der Waals surface area contributed by atoms with Crippen molar-refractivity contribution < 1.29 is 0 Å². The third-order valence-corrected chi connectivity index (χ3v) is 5.33. The maximum atomic E-state index is 2.42. The molecule has 0 aliphatic rings. The van der Waals surface area contributed by atoms with Gasteiger partial charge in [0.05, 0.1) is 0 Å². The van der Waals surface area contributed by atoms with Crippen LogP contribution in [0.2, 0.25) is 0 Å². The van der Waals surface area contributed by atoms with Gasteiger partial charge in [-0.1, -0.05) is 97.1 Å². The Balaban J connectivity index is 1.69. The van der Waals surface area contributed by atoms with Gasteiger partial charge in [0.25, 0.3) is 0 Å². The number of hydrogen-bond donors (Lipinski definition) is 0. The number of fused-ring (bicyclic) bond motifs is 2. The van der Waals surface area contributed by atoms with Gasteiger partial charge in [-0.15, -0.1) is 0 Å². The Morgan fingerprint density at radius 1 is 0.464 bits per heavy atom. The molecule has 5 aromatic carbocycles. The molecule has 0 unspecified atom stereocenters. The van der Waals surface area contributed by atoms with Gasteiger partial charge < -0.3 is 4.90 Å². The summed E-state index contributed by atoms with van der Waals surface area (Å²) >= 11 is 0. The SMILES string of the molecule is c1ccc(N(Cc2cccc3ccccc23)c2cccc3ccccc23)cc1. The first kappa shape index (κ1) is 16.6. The number of rotatable bonds is 4. The highest BCUT2D eigenvalue weighted by Crippen LogP contribution is 2.34. The molecule has 5 aromatic rings. The van der Waals surface area contributed by atoms with Crippen molar-refractivity contribution in [2.24, 2.45) is 0 Å². The van der Waals surface area contributed by atoms with E-state index in [-0.39, 0.29) is 0 Å². The van der Waals surface area contributed by atoms with Crippen LogP contribution in [-0.2, 0) is 6.54 Å². The summed E-state index contributed by atoms with van der Waals surface area (Å²) < 4.78 is 0. The highest BCUT2D eigenvalue weighted by molar-refractivity contribution is 5.96. The van der Waals surface area contributed by atoms with E-state index in [0.29, 0.717) is 0 Å². The van der Waals surface area contributed by atoms with Crippen LogP contribution in [0.1, 0.15) is 5.56 Å². The lowest BCUT2D eigenvalue weighted by atomic mass is 10.0. The fraction of sp³-hybridized carbons (Fsp3) is 0.0370. The molecule has 0 spiro atoms. The summed E-state index contributed by atoms with van der Waals surface area (Å²) in [4.78, 5) is 2.42. The first-order valence-electron chi connectivity index (χ1n) is 9.67. The Kier molecular flexibility index (Phi) is 4.27. The van der Waals surface area contributed by atoms with Gasteiger partial charge in [-0.3, -0.25) is 0 Å². The van der Waals surface area contributed by atoms with E-state index in [1.165, 1.54) is 38.5 Å². The molecule has 28 heavy (non-hydrogen) atoms. The average Bonchev–Trinajstić information content (AvgIpc) is 2.78. The molecule has 0 saturated heterocycles. The van der Waals surface area contributed by atoms with Crippen molar-refractivity contribution in [3.8, 4) is 0 Å². The van der Waals surface area contributed by atoms with Crippen LogP contribution in [0.25, 0.3) is 21.5 Å². The van der Waals surface area contributed by atoms with Gasteiger partial charge in [0.1, 0.15) is 0 Å². The molecule has 5 rings (SSSR count). The summed E-state index contributed by atoms with van der Waals surface area (Å²) in [6.07, 6.45) is 0. The minimum Gasteiger partial charge on any atom is -0.336 e. The van der Waals surface area contributed by atoms with E-state index >= 15 is 0 Å². The van der Waals surface area contributed by atoms with Gasteiger partial charge >= 0.3 is 0 Å². The van der Waals surface area contributed by atoms with Crippen LogP contribution in [-0.4, -0.2) is 0 Å². The number of anilines is 2. The van der Waals surface area contributed by atoms with E-state index in [1.807, 2.05) is 0 Å². The molecule has 134 valence electrons. The van der Waals surface area contributed by atoms with Crippen molar-refractivity contribution in [1.82, 2.24) is 0 Å². The third kappa shape index (κ3) is 3.01. The summed E-state index contributed by atoms with van der Waals surface area (Å²) in [6.45, 7) is 0.819. The molecular weight excluding hydrogens is 338 g/mol. The Morgan fingerprint density at radius 2 is 1.04 bits per heavy atom. The van der Waals surface area contributed by atoms with Crippen LogP contribution in [0.4, 0.5) is 11.4 Å². The number of hydrogen-bond acceptors (Lipinski definition) is 1. The van der Waals surface area contributed by atoms with Crippen molar-refractivity contribution in [3.05, 3.63) is 121 Å². The fourth-order valence-corrected chi connectivity index (χ4v) is 3.97.